The molecule has 1 aromatic rings. The summed E-state index contributed by atoms with van der Waals surface area (Å²) in [5.41, 5.74) is 2.43. The van der Waals surface area contributed by atoms with E-state index in [2.05, 4.69) is 41.2 Å². The lowest BCUT2D eigenvalue weighted by molar-refractivity contribution is 0.588. The van der Waals surface area contributed by atoms with Crippen LogP contribution in [0.2, 0.25) is 0 Å². The largest absolute Gasteiger partial charge is 0.368 e. The number of hydrogen-bond donors (Lipinski definition) is 1. The van der Waals surface area contributed by atoms with Gasteiger partial charge in [-0.25, -0.2) is 0 Å². The average Bonchev–Trinajstić information content (AvgIpc) is 2.42. The van der Waals surface area contributed by atoms with Crippen molar-refractivity contribution in [2.45, 2.75) is 33.6 Å². The molecule has 1 aliphatic rings. The first-order valence-electron chi connectivity index (χ1n) is 6.69. The molecule has 0 saturated carbocycles. The summed E-state index contributed by atoms with van der Waals surface area (Å²) in [5, 5.41) is 3.35. The Kier molecular flexibility index (Phi) is 5.98. The quantitative estimate of drug-likeness (QED) is 0.854. The van der Waals surface area contributed by atoms with Crippen LogP contribution in [0.5, 0.6) is 0 Å². The monoisotopic (exact) mass is 235 g/mol. The van der Waals surface area contributed by atoms with Gasteiger partial charge in [0, 0.05) is 31.9 Å². The Morgan fingerprint density at radius 1 is 1.18 bits per heavy atom. The Morgan fingerprint density at radius 3 is 2.29 bits per heavy atom. The molecule has 3 heteroatoms. The van der Waals surface area contributed by atoms with E-state index >= 15 is 0 Å². The molecule has 0 unspecified atom stereocenters. The van der Waals surface area contributed by atoms with Crippen LogP contribution in [0.15, 0.2) is 18.3 Å². The molecular weight excluding hydrogens is 210 g/mol. The second-order valence-electron chi connectivity index (χ2n) is 4.33. The minimum Gasteiger partial charge on any atom is -0.368 e. The van der Waals surface area contributed by atoms with Crippen molar-refractivity contribution in [3.63, 3.8) is 0 Å². The molecule has 1 N–H and O–H groups in total. The standard InChI is InChI=1S/C12H19N3.C2H6/c1-10(2)12-4-3-11(9-14-12)15-7-5-13-6-8-15;1-2/h3-4,9-10,13H,5-8H2,1-2H3;1-2H3. The van der Waals surface area contributed by atoms with Crippen LogP contribution in [-0.4, -0.2) is 31.2 Å². The number of piperazine rings is 1. The molecule has 17 heavy (non-hydrogen) atoms. The van der Waals surface area contributed by atoms with Crippen molar-refractivity contribution >= 4 is 5.69 Å². The number of nitrogens with one attached hydrogen (secondary N) is 1. The van der Waals surface area contributed by atoms with Crippen molar-refractivity contribution in [3.05, 3.63) is 24.0 Å². The summed E-state index contributed by atoms with van der Waals surface area (Å²) in [6, 6.07) is 4.33. The molecule has 0 atom stereocenters. The van der Waals surface area contributed by atoms with E-state index in [1.54, 1.807) is 0 Å². The van der Waals surface area contributed by atoms with Crippen LogP contribution in [0.1, 0.15) is 39.3 Å². The first kappa shape index (κ1) is 14.0. The van der Waals surface area contributed by atoms with E-state index < -0.39 is 0 Å². The second kappa shape index (κ2) is 7.28. The van der Waals surface area contributed by atoms with Crippen LogP contribution in [0, 0.1) is 0 Å². The maximum Gasteiger partial charge on any atom is 0.0553 e. The molecule has 0 bridgehead atoms. The molecule has 1 aliphatic heterocycles. The van der Waals surface area contributed by atoms with Crippen LogP contribution in [0.4, 0.5) is 5.69 Å². The van der Waals surface area contributed by atoms with E-state index in [-0.39, 0.29) is 0 Å². The zero-order chi connectivity index (χ0) is 12.7. The van der Waals surface area contributed by atoms with E-state index in [9.17, 15) is 0 Å². The first-order chi connectivity index (χ1) is 8.27. The van der Waals surface area contributed by atoms with Gasteiger partial charge in [-0.3, -0.25) is 4.98 Å². The Hall–Kier alpha value is -1.09. The summed E-state index contributed by atoms with van der Waals surface area (Å²) in [6.07, 6.45) is 2.00. The first-order valence-corrected chi connectivity index (χ1v) is 6.69. The lowest BCUT2D eigenvalue weighted by atomic mass is 10.1. The second-order valence-corrected chi connectivity index (χ2v) is 4.33. The number of anilines is 1. The van der Waals surface area contributed by atoms with Gasteiger partial charge in [0.15, 0.2) is 0 Å². The molecule has 3 nitrogen and oxygen atoms in total. The number of nitrogens with zero attached hydrogens (tertiary/aromatic N) is 2. The Balaban J connectivity index is 0.000000686. The van der Waals surface area contributed by atoms with Crippen molar-refractivity contribution in [2.24, 2.45) is 0 Å². The molecule has 0 aromatic carbocycles. The maximum atomic E-state index is 4.49. The van der Waals surface area contributed by atoms with Crippen molar-refractivity contribution in [3.8, 4) is 0 Å². The minimum absolute atomic E-state index is 0.516. The van der Waals surface area contributed by atoms with Crippen LogP contribution < -0.4 is 10.2 Å². The Labute approximate surface area is 105 Å². The number of aromatic nitrogens is 1. The van der Waals surface area contributed by atoms with Crippen molar-refractivity contribution < 1.29 is 0 Å². The topological polar surface area (TPSA) is 28.2 Å². The molecular formula is C14H25N3. The van der Waals surface area contributed by atoms with Gasteiger partial charge in [-0.2, -0.15) is 0 Å². The van der Waals surface area contributed by atoms with Crippen molar-refractivity contribution in [1.82, 2.24) is 10.3 Å². The maximum absolute atomic E-state index is 4.49. The summed E-state index contributed by atoms with van der Waals surface area (Å²) >= 11 is 0. The summed E-state index contributed by atoms with van der Waals surface area (Å²) < 4.78 is 0. The molecule has 1 aromatic heterocycles. The molecule has 0 radical (unpaired) electrons. The smallest absolute Gasteiger partial charge is 0.0553 e. The summed E-state index contributed by atoms with van der Waals surface area (Å²) in [4.78, 5) is 6.87. The van der Waals surface area contributed by atoms with Gasteiger partial charge in [-0.15, -0.1) is 0 Å². The highest BCUT2D eigenvalue weighted by atomic mass is 15.2. The van der Waals surface area contributed by atoms with Crippen LogP contribution in [-0.2, 0) is 0 Å². The molecule has 1 saturated heterocycles. The zero-order valence-electron chi connectivity index (χ0n) is 11.5. The molecule has 1 fully saturated rings. The number of pyridine rings is 1. The fraction of sp³-hybridized carbons (Fsp3) is 0.643. The van der Waals surface area contributed by atoms with Gasteiger partial charge in [0.1, 0.15) is 0 Å². The number of rotatable bonds is 2. The Bertz CT molecular complexity index is 300. The van der Waals surface area contributed by atoms with Crippen LogP contribution in [0.25, 0.3) is 0 Å². The highest BCUT2D eigenvalue weighted by Gasteiger charge is 2.10. The van der Waals surface area contributed by atoms with Gasteiger partial charge in [-0.1, -0.05) is 27.7 Å². The van der Waals surface area contributed by atoms with E-state index in [1.807, 2.05) is 20.0 Å². The van der Waals surface area contributed by atoms with E-state index in [4.69, 9.17) is 0 Å². The highest BCUT2D eigenvalue weighted by Crippen LogP contribution is 2.17. The molecule has 96 valence electrons. The van der Waals surface area contributed by atoms with Gasteiger partial charge < -0.3 is 10.2 Å². The van der Waals surface area contributed by atoms with Crippen molar-refractivity contribution in [2.75, 3.05) is 31.1 Å². The average molecular weight is 235 g/mol. The Morgan fingerprint density at radius 2 is 1.82 bits per heavy atom. The van der Waals surface area contributed by atoms with Gasteiger partial charge in [0.05, 0.1) is 11.9 Å². The zero-order valence-corrected chi connectivity index (χ0v) is 11.5. The molecule has 0 amide bonds. The normalized spacial score (nSPS) is 15.5. The summed E-state index contributed by atoms with van der Waals surface area (Å²) in [7, 11) is 0. The van der Waals surface area contributed by atoms with E-state index in [0.29, 0.717) is 5.92 Å². The third-order valence-corrected chi connectivity index (χ3v) is 2.84. The SMILES string of the molecule is CC.CC(C)c1ccc(N2CCNCC2)cn1. The molecule has 0 aliphatic carbocycles. The van der Waals surface area contributed by atoms with Gasteiger partial charge in [0.2, 0.25) is 0 Å². The number of hydrogen-bond acceptors (Lipinski definition) is 3. The van der Waals surface area contributed by atoms with Gasteiger partial charge >= 0.3 is 0 Å². The predicted molar refractivity (Wildman–Crippen MR) is 74.8 cm³/mol. The summed E-state index contributed by atoms with van der Waals surface area (Å²) in [5.74, 6) is 0.516. The fourth-order valence-electron chi connectivity index (χ4n) is 1.85. The lowest BCUT2D eigenvalue weighted by Gasteiger charge is -2.29. The molecule has 0 spiro atoms. The minimum atomic E-state index is 0.516. The van der Waals surface area contributed by atoms with Gasteiger partial charge in [0.25, 0.3) is 0 Å². The highest BCUT2D eigenvalue weighted by molar-refractivity contribution is 5.45. The predicted octanol–water partition coefficient (Wildman–Crippen LogP) is 2.64. The van der Waals surface area contributed by atoms with Gasteiger partial charge in [-0.05, 0) is 18.1 Å². The lowest BCUT2D eigenvalue weighted by Crippen LogP contribution is -2.43. The van der Waals surface area contributed by atoms with E-state index in [0.717, 1.165) is 26.2 Å². The van der Waals surface area contributed by atoms with E-state index in [1.165, 1.54) is 11.4 Å². The molecule has 2 heterocycles. The third-order valence-electron chi connectivity index (χ3n) is 2.84. The van der Waals surface area contributed by atoms with Crippen molar-refractivity contribution in [1.29, 1.82) is 0 Å². The van der Waals surface area contributed by atoms with Crippen LogP contribution >= 0.6 is 0 Å². The molecule has 2 rings (SSSR count). The third kappa shape index (κ3) is 4.00. The summed E-state index contributed by atoms with van der Waals surface area (Å²) in [6.45, 7) is 12.7. The van der Waals surface area contributed by atoms with Crippen LogP contribution in [0.3, 0.4) is 0 Å². The fourth-order valence-corrected chi connectivity index (χ4v) is 1.85.